The smallest absolute Gasteiger partial charge is 0.235 e. The van der Waals surface area contributed by atoms with Gasteiger partial charge in [-0.15, -0.1) is 0 Å². The van der Waals surface area contributed by atoms with Crippen molar-refractivity contribution < 1.29 is 14.7 Å². The summed E-state index contributed by atoms with van der Waals surface area (Å²) in [5.74, 6) is -1.08. The van der Waals surface area contributed by atoms with Gasteiger partial charge >= 0.3 is 0 Å². The first kappa shape index (κ1) is 21.1. The predicted octanol–water partition coefficient (Wildman–Crippen LogP) is 2.72. The summed E-state index contributed by atoms with van der Waals surface area (Å²) < 4.78 is 0. The molecule has 0 atom stereocenters. The van der Waals surface area contributed by atoms with Gasteiger partial charge in [-0.2, -0.15) is 0 Å². The fraction of sp³-hybridized carbons (Fsp3) is 0.333. The summed E-state index contributed by atoms with van der Waals surface area (Å²) in [6, 6.07) is 3.54. The van der Waals surface area contributed by atoms with Crippen molar-refractivity contribution in [3.8, 4) is 5.75 Å². The third-order valence-corrected chi connectivity index (χ3v) is 5.81. The average molecular weight is 421 g/mol. The number of nitrogens with zero attached hydrogens (tertiary/aromatic N) is 2. The van der Waals surface area contributed by atoms with Crippen molar-refractivity contribution in [2.24, 2.45) is 0 Å². The van der Waals surface area contributed by atoms with E-state index in [1.807, 2.05) is 45.4 Å². The highest BCUT2D eigenvalue weighted by molar-refractivity contribution is 6.61. The number of nitrogens with one attached hydrogen (secondary N) is 2. The number of allylic oxidation sites excluding steroid dienone is 1. The zero-order chi connectivity index (χ0) is 22.3. The first-order valence-electron chi connectivity index (χ1n) is 10.4. The van der Waals surface area contributed by atoms with Gasteiger partial charge in [-0.25, -0.2) is 0 Å². The van der Waals surface area contributed by atoms with Gasteiger partial charge in [0.2, 0.25) is 11.6 Å². The molecule has 31 heavy (non-hydrogen) atoms. The van der Waals surface area contributed by atoms with Gasteiger partial charge in [0.15, 0.2) is 0 Å². The Hall–Kier alpha value is -3.16. The summed E-state index contributed by atoms with van der Waals surface area (Å²) in [5.41, 5.74) is 4.29. The maximum absolute atomic E-state index is 13.0. The lowest BCUT2D eigenvalue weighted by atomic mass is 9.87. The highest BCUT2D eigenvalue weighted by Crippen LogP contribution is 2.39. The molecule has 3 aromatic rings. The largest absolute Gasteiger partial charge is 0.507 e. The van der Waals surface area contributed by atoms with E-state index in [0.29, 0.717) is 28.6 Å². The van der Waals surface area contributed by atoms with E-state index in [1.165, 1.54) is 0 Å². The highest BCUT2D eigenvalue weighted by Gasteiger charge is 2.33. The summed E-state index contributed by atoms with van der Waals surface area (Å²) in [6.45, 7) is 1.61. The Morgan fingerprint density at radius 2 is 1.52 bits per heavy atom. The number of carbonyl (C=O) groups is 2. The second-order valence-electron chi connectivity index (χ2n) is 8.62. The maximum atomic E-state index is 13.0. The van der Waals surface area contributed by atoms with Crippen molar-refractivity contribution in [3.63, 3.8) is 0 Å². The predicted molar refractivity (Wildman–Crippen MR) is 122 cm³/mol. The number of hydrogen-bond donors (Lipinski definition) is 3. The lowest BCUT2D eigenvalue weighted by Crippen LogP contribution is -2.22. The van der Waals surface area contributed by atoms with Crippen LogP contribution in [0.25, 0.3) is 22.6 Å². The topological polar surface area (TPSA) is 92.4 Å². The number of benzene rings is 1. The minimum atomic E-state index is -0.585. The van der Waals surface area contributed by atoms with Crippen molar-refractivity contribution in [2.45, 2.75) is 12.8 Å². The van der Waals surface area contributed by atoms with Crippen LogP contribution >= 0.6 is 0 Å². The van der Waals surface area contributed by atoms with Crippen LogP contribution in [0.3, 0.4) is 0 Å². The van der Waals surface area contributed by atoms with Crippen molar-refractivity contribution in [1.82, 2.24) is 19.8 Å². The van der Waals surface area contributed by atoms with Crippen molar-refractivity contribution in [1.29, 1.82) is 0 Å². The lowest BCUT2D eigenvalue weighted by Gasteiger charge is -2.16. The summed E-state index contributed by atoms with van der Waals surface area (Å²) in [4.78, 5) is 36.4. The number of H-pyrrole nitrogens is 2. The van der Waals surface area contributed by atoms with Gasteiger partial charge in [-0.05, 0) is 70.4 Å². The van der Waals surface area contributed by atoms with E-state index in [4.69, 9.17) is 0 Å². The van der Waals surface area contributed by atoms with E-state index >= 15 is 0 Å². The maximum Gasteiger partial charge on any atom is 0.235 e. The van der Waals surface area contributed by atoms with Crippen molar-refractivity contribution >= 4 is 34.1 Å². The van der Waals surface area contributed by atoms with E-state index in [9.17, 15) is 14.7 Å². The molecule has 1 aliphatic carbocycles. The number of ketones is 2. The molecule has 0 saturated heterocycles. The molecule has 2 heterocycles. The molecule has 0 spiro atoms. The summed E-state index contributed by atoms with van der Waals surface area (Å²) in [6.07, 6.45) is 6.81. The number of aromatic amines is 2. The van der Waals surface area contributed by atoms with Gasteiger partial charge in [0, 0.05) is 47.5 Å². The zero-order valence-electron chi connectivity index (χ0n) is 18.4. The Labute approximate surface area is 181 Å². The van der Waals surface area contributed by atoms with Crippen molar-refractivity contribution in [3.05, 3.63) is 52.5 Å². The number of phenolic OH excluding ortho intramolecular Hbond substituents is 1. The molecule has 7 nitrogen and oxygen atoms in total. The Bertz CT molecular complexity index is 1200. The number of fused-ring (bicyclic) bond motifs is 2. The van der Waals surface area contributed by atoms with Gasteiger partial charge in [0.05, 0.1) is 11.3 Å². The van der Waals surface area contributed by atoms with E-state index < -0.39 is 11.6 Å². The molecule has 1 aromatic carbocycles. The Balaban J connectivity index is 1.76. The molecule has 0 amide bonds. The number of hydrogen-bond acceptors (Lipinski definition) is 5. The molecular formula is C24H28N4O3. The number of aromatic nitrogens is 2. The molecule has 162 valence electrons. The Morgan fingerprint density at radius 3 is 2.19 bits per heavy atom. The molecule has 0 unspecified atom stereocenters. The quantitative estimate of drug-likeness (QED) is 0.511. The van der Waals surface area contributed by atoms with Crippen LogP contribution in [0.1, 0.15) is 32.7 Å². The van der Waals surface area contributed by atoms with Crippen LogP contribution in [0.2, 0.25) is 0 Å². The van der Waals surface area contributed by atoms with Gasteiger partial charge in [0.25, 0.3) is 0 Å². The molecule has 0 aliphatic heterocycles. The average Bonchev–Trinajstić information content (AvgIpc) is 3.32. The van der Waals surface area contributed by atoms with E-state index in [1.54, 1.807) is 18.3 Å². The minimum Gasteiger partial charge on any atom is -0.507 e. The number of rotatable bonds is 7. The van der Waals surface area contributed by atoms with Gasteiger partial charge in [-0.1, -0.05) is 0 Å². The monoisotopic (exact) mass is 420 g/mol. The summed E-state index contributed by atoms with van der Waals surface area (Å²) >= 11 is 0. The number of likely N-dealkylation sites (N-methyl/N-ethyl adjacent to an activating group) is 2. The lowest BCUT2D eigenvalue weighted by molar-refractivity contribution is -0.110. The second-order valence-corrected chi connectivity index (χ2v) is 8.62. The van der Waals surface area contributed by atoms with Crippen LogP contribution in [0.5, 0.6) is 5.75 Å². The Morgan fingerprint density at radius 1 is 0.871 bits per heavy atom. The number of phenols is 1. The second kappa shape index (κ2) is 8.17. The zero-order valence-corrected chi connectivity index (χ0v) is 18.4. The molecule has 3 N–H and O–H groups in total. The first-order valence-corrected chi connectivity index (χ1v) is 10.4. The normalized spacial score (nSPS) is 14.1. The fourth-order valence-corrected chi connectivity index (χ4v) is 4.08. The Kier molecular flexibility index (Phi) is 5.56. The number of aromatic hydroxyl groups is 1. The third-order valence-electron chi connectivity index (χ3n) is 5.81. The van der Waals surface area contributed by atoms with E-state index in [-0.39, 0.29) is 11.3 Å². The van der Waals surface area contributed by atoms with Crippen molar-refractivity contribution in [2.75, 3.05) is 41.3 Å². The third kappa shape index (κ3) is 3.82. The van der Waals surface area contributed by atoms with Crippen LogP contribution in [-0.2, 0) is 17.6 Å². The number of Topliss-reactive ketones (excluding diaryl/α,β-unsaturated/α-hetero) is 2. The van der Waals surface area contributed by atoms with E-state index in [0.717, 1.165) is 36.2 Å². The van der Waals surface area contributed by atoms with Crippen LogP contribution in [0, 0.1) is 0 Å². The molecule has 0 bridgehead atoms. The molecule has 0 radical (unpaired) electrons. The van der Waals surface area contributed by atoms with Crippen LogP contribution < -0.4 is 0 Å². The van der Waals surface area contributed by atoms with Gasteiger partial charge in [-0.3, -0.25) is 9.59 Å². The van der Waals surface area contributed by atoms with Gasteiger partial charge in [0.1, 0.15) is 5.75 Å². The number of carbonyl (C=O) groups excluding carboxylic acids is 2. The summed E-state index contributed by atoms with van der Waals surface area (Å²) in [5, 5.41) is 11.8. The minimum absolute atomic E-state index is 0.0303. The van der Waals surface area contributed by atoms with E-state index in [2.05, 4.69) is 14.9 Å². The molecule has 7 heteroatoms. The van der Waals surface area contributed by atoms with Crippen LogP contribution in [-0.4, -0.2) is 77.7 Å². The molecule has 4 rings (SSSR count). The standard InChI is InChI=1S/C24H28N4O3/c1-27(2)9-7-14-12-25-18-6-5-16(22(29)20(14)18)17-11-19-21(24(31)23(17)30)15(13-26-19)8-10-28(3)4/h5-6,11-13,25-26,29H,7-10H2,1-4H3. The molecule has 0 fully saturated rings. The molecule has 0 saturated carbocycles. The molecule has 2 aromatic heterocycles. The van der Waals surface area contributed by atoms with Gasteiger partial charge < -0.3 is 24.9 Å². The first-order chi connectivity index (χ1) is 14.8. The molecular weight excluding hydrogens is 392 g/mol. The fourth-order valence-electron chi connectivity index (χ4n) is 4.08. The van der Waals surface area contributed by atoms with Crippen LogP contribution in [0.15, 0.2) is 24.5 Å². The summed E-state index contributed by atoms with van der Waals surface area (Å²) in [7, 11) is 7.93. The van der Waals surface area contributed by atoms with Crippen LogP contribution in [0.4, 0.5) is 0 Å². The molecule has 1 aliphatic rings. The SMILES string of the molecule is CN(C)CCc1c[nH]c2c1C(=O)C(=O)C(c1ccc3[nH]cc(CCN(C)C)c3c1O)=C2. The highest BCUT2D eigenvalue weighted by atomic mass is 16.3.